The van der Waals surface area contributed by atoms with E-state index in [0.29, 0.717) is 23.7 Å². The average molecular weight is 311 g/mol. The van der Waals surface area contributed by atoms with Gasteiger partial charge in [-0.1, -0.05) is 5.16 Å². The largest absolute Gasteiger partial charge is 0.336 e. The molecule has 1 aliphatic heterocycles. The number of halogens is 1. The first-order valence-corrected chi connectivity index (χ1v) is 6.83. The molecule has 1 amide bonds. The van der Waals surface area contributed by atoms with Crippen LogP contribution in [0.1, 0.15) is 29.4 Å². The second-order valence-electron chi connectivity index (χ2n) is 5.49. The molecule has 2 unspecified atom stereocenters. The van der Waals surface area contributed by atoms with Crippen LogP contribution in [0, 0.1) is 12.8 Å². The number of aromatic nitrogens is 2. The molecule has 2 atom stereocenters. The van der Waals surface area contributed by atoms with E-state index in [2.05, 4.69) is 17.1 Å². The third-order valence-corrected chi connectivity index (χ3v) is 4.01. The maximum absolute atomic E-state index is 12.6. The molecular formula is C14H19ClN4O2. The minimum Gasteiger partial charge on any atom is -0.336 e. The van der Waals surface area contributed by atoms with Crippen molar-refractivity contribution < 1.29 is 9.32 Å². The molecule has 21 heavy (non-hydrogen) atoms. The summed E-state index contributed by atoms with van der Waals surface area (Å²) >= 11 is 0. The number of nitrogens with zero attached hydrogens (tertiary/aromatic N) is 3. The zero-order valence-electron chi connectivity index (χ0n) is 12.1. The van der Waals surface area contributed by atoms with E-state index in [1.54, 1.807) is 12.3 Å². The summed E-state index contributed by atoms with van der Waals surface area (Å²) in [5.74, 6) is 0.395. The molecule has 6 nitrogen and oxygen atoms in total. The highest BCUT2D eigenvalue weighted by molar-refractivity contribution is 5.97. The van der Waals surface area contributed by atoms with Gasteiger partial charge < -0.3 is 15.2 Å². The second-order valence-corrected chi connectivity index (χ2v) is 5.49. The van der Waals surface area contributed by atoms with Gasteiger partial charge in [-0.3, -0.25) is 4.79 Å². The van der Waals surface area contributed by atoms with Crippen LogP contribution in [0.25, 0.3) is 11.1 Å². The minimum absolute atomic E-state index is 0. The number of likely N-dealkylation sites (tertiary alicyclic amines) is 1. The molecular weight excluding hydrogens is 292 g/mol. The van der Waals surface area contributed by atoms with Gasteiger partial charge in [0.1, 0.15) is 0 Å². The molecule has 0 bridgehead atoms. The summed E-state index contributed by atoms with van der Waals surface area (Å²) in [7, 11) is 0. The summed E-state index contributed by atoms with van der Waals surface area (Å²) in [6.07, 6.45) is 2.52. The Hall–Kier alpha value is -1.66. The lowest BCUT2D eigenvalue weighted by Crippen LogP contribution is -2.34. The monoisotopic (exact) mass is 310 g/mol. The lowest BCUT2D eigenvalue weighted by Gasteiger charge is -2.21. The zero-order valence-corrected chi connectivity index (χ0v) is 12.9. The van der Waals surface area contributed by atoms with E-state index in [-0.39, 0.29) is 24.4 Å². The van der Waals surface area contributed by atoms with Crippen molar-refractivity contribution in [2.75, 3.05) is 13.1 Å². The molecule has 2 aromatic rings. The van der Waals surface area contributed by atoms with E-state index in [1.807, 2.05) is 11.8 Å². The smallest absolute Gasteiger partial charge is 0.257 e. The van der Waals surface area contributed by atoms with Crippen molar-refractivity contribution in [2.24, 2.45) is 11.7 Å². The molecule has 7 heteroatoms. The molecule has 114 valence electrons. The first kappa shape index (κ1) is 15.7. The van der Waals surface area contributed by atoms with Crippen molar-refractivity contribution in [2.45, 2.75) is 26.3 Å². The number of fused-ring (bicyclic) bond motifs is 1. The van der Waals surface area contributed by atoms with Gasteiger partial charge in [0.05, 0.1) is 16.6 Å². The molecule has 1 aliphatic rings. The van der Waals surface area contributed by atoms with Gasteiger partial charge in [0.25, 0.3) is 11.6 Å². The van der Waals surface area contributed by atoms with E-state index in [4.69, 9.17) is 10.3 Å². The number of aryl methyl sites for hydroxylation is 1. The van der Waals surface area contributed by atoms with Crippen LogP contribution in [0.5, 0.6) is 0 Å². The van der Waals surface area contributed by atoms with Gasteiger partial charge in [-0.15, -0.1) is 12.4 Å². The van der Waals surface area contributed by atoms with Crippen LogP contribution in [0.3, 0.4) is 0 Å². The van der Waals surface area contributed by atoms with Gasteiger partial charge in [0, 0.05) is 18.8 Å². The van der Waals surface area contributed by atoms with Crippen LogP contribution in [-0.4, -0.2) is 40.1 Å². The number of carbonyl (C=O) groups excluding carboxylic acids is 1. The topological polar surface area (TPSA) is 85.2 Å². The Morgan fingerprint density at radius 3 is 3.00 bits per heavy atom. The summed E-state index contributed by atoms with van der Waals surface area (Å²) < 4.78 is 5.06. The van der Waals surface area contributed by atoms with Gasteiger partial charge in [-0.25, -0.2) is 4.98 Å². The normalized spacial score (nSPS) is 21.6. The number of pyridine rings is 1. The number of hydrogen-bond donors (Lipinski definition) is 1. The molecule has 2 N–H and O–H groups in total. The van der Waals surface area contributed by atoms with Crippen LogP contribution in [-0.2, 0) is 0 Å². The highest BCUT2D eigenvalue weighted by Crippen LogP contribution is 2.25. The quantitative estimate of drug-likeness (QED) is 0.913. The van der Waals surface area contributed by atoms with E-state index >= 15 is 0 Å². The Morgan fingerprint density at radius 2 is 2.33 bits per heavy atom. The summed E-state index contributed by atoms with van der Waals surface area (Å²) in [6, 6.07) is 2.02. The lowest BCUT2D eigenvalue weighted by atomic mass is 10.1. The fourth-order valence-corrected chi connectivity index (χ4v) is 2.82. The molecule has 0 spiro atoms. The van der Waals surface area contributed by atoms with E-state index < -0.39 is 0 Å². The standard InChI is InChI=1S/C14H18N4O2.ClH/c1-8-3-10(5-15)7-18(8)14(19)11-4-12-9(2)17-20-13(12)16-6-11;/h4,6,8,10H,3,5,7,15H2,1-2H3;1H. The molecule has 3 heterocycles. The Labute approximate surface area is 129 Å². The fraction of sp³-hybridized carbons (Fsp3) is 0.500. The molecule has 0 aromatic carbocycles. The van der Waals surface area contributed by atoms with Crippen LogP contribution in [0.2, 0.25) is 0 Å². The predicted octanol–water partition coefficient (Wildman–Crippen LogP) is 1.76. The highest BCUT2D eigenvalue weighted by atomic mass is 35.5. The summed E-state index contributed by atoms with van der Waals surface area (Å²) in [5.41, 5.74) is 7.50. The average Bonchev–Trinajstić information content (AvgIpc) is 3.01. The van der Waals surface area contributed by atoms with Crippen LogP contribution in [0.4, 0.5) is 0 Å². The summed E-state index contributed by atoms with van der Waals surface area (Å²) in [5, 5.41) is 4.64. The van der Waals surface area contributed by atoms with Gasteiger partial charge in [-0.2, -0.15) is 0 Å². The van der Waals surface area contributed by atoms with Crippen molar-refractivity contribution in [3.8, 4) is 0 Å². The first-order valence-electron chi connectivity index (χ1n) is 6.83. The molecule has 2 aromatic heterocycles. The summed E-state index contributed by atoms with van der Waals surface area (Å²) in [4.78, 5) is 18.6. The van der Waals surface area contributed by atoms with Gasteiger partial charge in [-0.05, 0) is 38.8 Å². The Morgan fingerprint density at radius 1 is 1.57 bits per heavy atom. The number of hydrogen-bond acceptors (Lipinski definition) is 5. The third kappa shape index (κ3) is 2.73. The van der Waals surface area contributed by atoms with Gasteiger partial charge in [0.2, 0.25) is 0 Å². The minimum atomic E-state index is 0. The molecule has 0 saturated carbocycles. The van der Waals surface area contributed by atoms with Crippen molar-refractivity contribution in [1.29, 1.82) is 0 Å². The third-order valence-electron chi connectivity index (χ3n) is 4.01. The SMILES string of the molecule is Cc1noc2ncc(C(=O)N3CC(CN)CC3C)cc12.Cl. The van der Waals surface area contributed by atoms with Crippen molar-refractivity contribution in [1.82, 2.24) is 15.0 Å². The van der Waals surface area contributed by atoms with Crippen molar-refractivity contribution in [3.05, 3.63) is 23.5 Å². The molecule has 1 fully saturated rings. The first-order chi connectivity index (χ1) is 9.60. The molecule has 0 radical (unpaired) electrons. The van der Waals surface area contributed by atoms with E-state index in [1.165, 1.54) is 0 Å². The lowest BCUT2D eigenvalue weighted by molar-refractivity contribution is 0.0743. The number of nitrogens with two attached hydrogens (primary N) is 1. The maximum Gasteiger partial charge on any atom is 0.257 e. The molecule has 1 saturated heterocycles. The van der Waals surface area contributed by atoms with Crippen LogP contribution >= 0.6 is 12.4 Å². The van der Waals surface area contributed by atoms with E-state index in [0.717, 1.165) is 24.0 Å². The fourth-order valence-electron chi connectivity index (χ4n) is 2.82. The predicted molar refractivity (Wildman–Crippen MR) is 81.4 cm³/mol. The van der Waals surface area contributed by atoms with Gasteiger partial charge >= 0.3 is 0 Å². The Kier molecular flexibility index (Phi) is 4.49. The van der Waals surface area contributed by atoms with Gasteiger partial charge in [0.15, 0.2) is 0 Å². The van der Waals surface area contributed by atoms with Crippen LogP contribution < -0.4 is 5.73 Å². The number of carbonyl (C=O) groups is 1. The maximum atomic E-state index is 12.6. The number of amides is 1. The highest BCUT2D eigenvalue weighted by Gasteiger charge is 2.32. The summed E-state index contributed by atoms with van der Waals surface area (Å²) in [6.45, 7) is 5.24. The zero-order chi connectivity index (χ0) is 14.3. The Bertz CT molecular complexity index is 657. The van der Waals surface area contributed by atoms with Crippen molar-refractivity contribution >= 4 is 29.4 Å². The molecule has 0 aliphatic carbocycles. The second kappa shape index (κ2) is 5.99. The van der Waals surface area contributed by atoms with Crippen molar-refractivity contribution in [3.63, 3.8) is 0 Å². The molecule has 3 rings (SSSR count). The van der Waals surface area contributed by atoms with E-state index in [9.17, 15) is 4.79 Å². The van der Waals surface area contributed by atoms with Crippen LogP contribution in [0.15, 0.2) is 16.8 Å². The number of rotatable bonds is 2. The Balaban J connectivity index is 0.00000161.